The van der Waals surface area contributed by atoms with Crippen molar-refractivity contribution in [2.45, 2.75) is 11.4 Å². The van der Waals surface area contributed by atoms with Gasteiger partial charge in [0.25, 0.3) is 0 Å². The van der Waals surface area contributed by atoms with Crippen LogP contribution in [0.3, 0.4) is 0 Å². The van der Waals surface area contributed by atoms with E-state index in [1.54, 1.807) is 0 Å². The number of halogens is 1. The van der Waals surface area contributed by atoms with Crippen molar-refractivity contribution in [1.29, 1.82) is 0 Å². The summed E-state index contributed by atoms with van der Waals surface area (Å²) in [5.41, 5.74) is 2.56. The topological polar surface area (TPSA) is 15.8 Å². The molecule has 1 heterocycles. The van der Waals surface area contributed by atoms with Gasteiger partial charge in [-0.2, -0.15) is 0 Å². The van der Waals surface area contributed by atoms with Crippen LogP contribution in [0.25, 0.3) is 0 Å². The maximum Gasteiger partial charge on any atom is 0.0398 e. The summed E-state index contributed by atoms with van der Waals surface area (Å²) in [6, 6.07) is 4.20. The van der Waals surface area contributed by atoms with E-state index < -0.39 is 0 Å². The molecule has 0 bridgehead atoms. The van der Waals surface area contributed by atoms with Gasteiger partial charge in [0, 0.05) is 15.8 Å². The van der Waals surface area contributed by atoms with Crippen LogP contribution in [0.5, 0.6) is 0 Å². The van der Waals surface area contributed by atoms with Gasteiger partial charge in [-0.3, -0.25) is 0 Å². The summed E-state index contributed by atoms with van der Waals surface area (Å²) >= 11 is 2.34. The van der Waals surface area contributed by atoms with Crippen molar-refractivity contribution in [2.75, 3.05) is 0 Å². The fourth-order valence-corrected chi connectivity index (χ4v) is 1.09. The lowest BCUT2D eigenvalue weighted by atomic mass is 10.5. The number of hydrogen-bond donors (Lipinski definition) is 1. The minimum atomic E-state index is 1.08. The van der Waals surface area contributed by atoms with Crippen LogP contribution < -0.4 is 0 Å². The zero-order valence-electron chi connectivity index (χ0n) is 4.74. The molecule has 1 N–H and O–H groups in total. The molecule has 1 aromatic heterocycles. The van der Waals surface area contributed by atoms with Crippen molar-refractivity contribution >= 4 is 22.6 Å². The summed E-state index contributed by atoms with van der Waals surface area (Å²) in [5, 5.41) is 0. The van der Waals surface area contributed by atoms with Crippen LogP contribution in [-0.2, 0) is 4.43 Å². The molecule has 1 rings (SSSR count). The lowest BCUT2D eigenvalue weighted by molar-refractivity contribution is 1.18. The summed E-state index contributed by atoms with van der Waals surface area (Å²) in [6.45, 7) is 2.07. The van der Waals surface area contributed by atoms with Gasteiger partial charge in [-0.1, -0.05) is 22.6 Å². The van der Waals surface area contributed by atoms with E-state index in [4.69, 9.17) is 0 Å². The zero-order chi connectivity index (χ0) is 5.98. The van der Waals surface area contributed by atoms with Crippen LogP contribution in [-0.4, -0.2) is 4.98 Å². The smallest absolute Gasteiger partial charge is 0.0398 e. The molecule has 0 amide bonds. The van der Waals surface area contributed by atoms with Crippen LogP contribution in [0.4, 0.5) is 0 Å². The molecular formula is C6H8IN. The molecule has 0 spiro atoms. The first-order valence-corrected chi connectivity index (χ1v) is 4.06. The quantitative estimate of drug-likeness (QED) is 0.553. The number of aryl methyl sites for hydroxylation is 1. The van der Waals surface area contributed by atoms with Gasteiger partial charge >= 0.3 is 0 Å². The Morgan fingerprint density at radius 1 is 1.62 bits per heavy atom. The number of aromatic amines is 1. The van der Waals surface area contributed by atoms with E-state index in [9.17, 15) is 0 Å². The lowest BCUT2D eigenvalue weighted by Crippen LogP contribution is -1.73. The third-order valence-corrected chi connectivity index (χ3v) is 1.86. The van der Waals surface area contributed by atoms with E-state index >= 15 is 0 Å². The normalized spacial score (nSPS) is 9.75. The summed E-state index contributed by atoms with van der Waals surface area (Å²) in [4.78, 5) is 3.22. The van der Waals surface area contributed by atoms with Gasteiger partial charge in [0.1, 0.15) is 0 Å². The third kappa shape index (κ3) is 1.24. The second-order valence-electron chi connectivity index (χ2n) is 1.80. The van der Waals surface area contributed by atoms with Crippen LogP contribution in [0.2, 0.25) is 0 Å². The number of hydrogen-bond acceptors (Lipinski definition) is 0. The number of nitrogens with one attached hydrogen (secondary N) is 1. The Kier molecular flexibility index (Phi) is 1.94. The maximum absolute atomic E-state index is 3.22. The van der Waals surface area contributed by atoms with Crippen molar-refractivity contribution in [1.82, 2.24) is 4.98 Å². The number of aromatic nitrogens is 1. The number of H-pyrrole nitrogens is 1. The van der Waals surface area contributed by atoms with E-state index in [1.165, 1.54) is 11.4 Å². The van der Waals surface area contributed by atoms with Crippen LogP contribution in [0, 0.1) is 6.92 Å². The highest BCUT2D eigenvalue weighted by atomic mass is 127. The van der Waals surface area contributed by atoms with Crippen molar-refractivity contribution in [3.05, 3.63) is 23.5 Å². The van der Waals surface area contributed by atoms with Gasteiger partial charge in [0.2, 0.25) is 0 Å². The van der Waals surface area contributed by atoms with Crippen LogP contribution in [0.15, 0.2) is 12.1 Å². The van der Waals surface area contributed by atoms with Gasteiger partial charge in [-0.15, -0.1) is 0 Å². The molecule has 1 aromatic rings. The van der Waals surface area contributed by atoms with E-state index in [1.807, 2.05) is 0 Å². The second kappa shape index (κ2) is 2.53. The Bertz CT molecular complexity index is 169. The molecule has 2 heteroatoms. The van der Waals surface area contributed by atoms with Gasteiger partial charge in [-0.25, -0.2) is 0 Å². The molecule has 0 aliphatic rings. The first-order chi connectivity index (χ1) is 3.83. The molecule has 0 saturated heterocycles. The van der Waals surface area contributed by atoms with E-state index in [2.05, 4.69) is 46.6 Å². The van der Waals surface area contributed by atoms with E-state index in [0.29, 0.717) is 0 Å². The molecule has 0 aliphatic carbocycles. The molecule has 44 valence electrons. The van der Waals surface area contributed by atoms with Crippen LogP contribution >= 0.6 is 22.6 Å². The van der Waals surface area contributed by atoms with E-state index in [0.717, 1.165) is 4.43 Å². The number of rotatable bonds is 1. The Morgan fingerprint density at radius 3 is 2.62 bits per heavy atom. The molecule has 8 heavy (non-hydrogen) atoms. The Hall–Kier alpha value is 0.01000. The zero-order valence-corrected chi connectivity index (χ0v) is 6.90. The van der Waals surface area contributed by atoms with Crippen molar-refractivity contribution in [3.63, 3.8) is 0 Å². The molecule has 0 aromatic carbocycles. The molecule has 0 aliphatic heterocycles. The molecule has 0 fully saturated rings. The fraction of sp³-hybridized carbons (Fsp3) is 0.333. The predicted molar refractivity (Wildman–Crippen MR) is 43.3 cm³/mol. The fourth-order valence-electron chi connectivity index (χ4n) is 0.640. The van der Waals surface area contributed by atoms with Gasteiger partial charge in [0.15, 0.2) is 0 Å². The van der Waals surface area contributed by atoms with Gasteiger partial charge < -0.3 is 4.98 Å². The maximum atomic E-state index is 3.22. The summed E-state index contributed by atoms with van der Waals surface area (Å²) in [7, 11) is 0. The average molecular weight is 221 g/mol. The SMILES string of the molecule is Cc1ccc(CI)[nH]1. The summed E-state index contributed by atoms with van der Waals surface area (Å²) < 4.78 is 1.08. The van der Waals surface area contributed by atoms with Crippen LogP contribution in [0.1, 0.15) is 11.4 Å². The Morgan fingerprint density at radius 2 is 2.38 bits per heavy atom. The average Bonchev–Trinajstić information content (AvgIpc) is 2.14. The lowest BCUT2D eigenvalue weighted by Gasteiger charge is -1.83. The summed E-state index contributed by atoms with van der Waals surface area (Å²) in [5.74, 6) is 0. The third-order valence-electron chi connectivity index (χ3n) is 1.04. The molecule has 0 saturated carbocycles. The monoisotopic (exact) mass is 221 g/mol. The second-order valence-corrected chi connectivity index (χ2v) is 2.56. The molecule has 0 atom stereocenters. The van der Waals surface area contributed by atoms with Gasteiger partial charge in [-0.05, 0) is 19.1 Å². The minimum Gasteiger partial charge on any atom is -0.362 e. The molecular weight excluding hydrogens is 213 g/mol. The largest absolute Gasteiger partial charge is 0.362 e. The highest BCUT2D eigenvalue weighted by Crippen LogP contribution is 2.03. The first-order valence-electron chi connectivity index (χ1n) is 2.53. The summed E-state index contributed by atoms with van der Waals surface area (Å²) in [6.07, 6.45) is 0. The Labute approximate surface area is 62.6 Å². The highest BCUT2D eigenvalue weighted by molar-refractivity contribution is 14.1. The van der Waals surface area contributed by atoms with Gasteiger partial charge in [0.05, 0.1) is 0 Å². The molecule has 0 radical (unpaired) electrons. The van der Waals surface area contributed by atoms with Crippen molar-refractivity contribution in [2.24, 2.45) is 0 Å². The highest BCUT2D eigenvalue weighted by Gasteiger charge is 1.88. The minimum absolute atomic E-state index is 1.08. The number of alkyl halides is 1. The molecule has 0 unspecified atom stereocenters. The van der Waals surface area contributed by atoms with E-state index in [-0.39, 0.29) is 0 Å². The first kappa shape index (κ1) is 6.13. The van der Waals surface area contributed by atoms with Crippen molar-refractivity contribution in [3.8, 4) is 0 Å². The molecule has 1 nitrogen and oxygen atoms in total. The van der Waals surface area contributed by atoms with Crippen molar-refractivity contribution < 1.29 is 0 Å². The Balaban J connectivity index is 2.84. The predicted octanol–water partition coefficient (Wildman–Crippen LogP) is 2.26. The standard InChI is InChI=1S/C6H8IN/c1-5-2-3-6(4-7)8-5/h2-3,8H,4H2,1H3.